The topological polar surface area (TPSA) is 110 Å². The average molecular weight is 369 g/mol. The predicted octanol–water partition coefficient (Wildman–Crippen LogP) is 0.947. The maximum atomic E-state index is 13.0. The summed E-state index contributed by atoms with van der Waals surface area (Å²) in [6.45, 7) is 8.20. The summed E-state index contributed by atoms with van der Waals surface area (Å²) in [5, 5.41) is 17.5. The minimum Gasteiger partial charge on any atom is -0.473 e. The Bertz CT molecular complexity index is 606. The number of halogens is 1. The smallest absolute Gasteiger partial charge is 0.414 e. The van der Waals surface area contributed by atoms with Gasteiger partial charge in [0.2, 0.25) is 5.91 Å². The third-order valence-electron chi connectivity index (χ3n) is 3.86. The number of hydrogen-bond donors (Lipinski definition) is 3. The van der Waals surface area contributed by atoms with Crippen LogP contribution in [0.1, 0.15) is 13.3 Å². The summed E-state index contributed by atoms with van der Waals surface area (Å²) in [6.07, 6.45) is 0.447. The first-order valence-electron chi connectivity index (χ1n) is 8.28. The van der Waals surface area contributed by atoms with E-state index in [0.29, 0.717) is 12.1 Å². The Kier molecular flexibility index (Phi) is 9.24. The Morgan fingerprint density at radius 3 is 2.15 bits per heavy atom. The van der Waals surface area contributed by atoms with E-state index in [9.17, 15) is 9.18 Å². The number of rotatable bonds is 5. The molecule has 1 amide bonds. The molecule has 0 atom stereocenters. The van der Waals surface area contributed by atoms with Crippen LogP contribution >= 0.6 is 0 Å². The zero-order valence-corrected chi connectivity index (χ0v) is 14.7. The van der Waals surface area contributed by atoms with Gasteiger partial charge in [-0.15, -0.1) is 0 Å². The van der Waals surface area contributed by atoms with Crippen LogP contribution < -0.4 is 5.32 Å². The molecule has 144 valence electrons. The number of benzene rings is 1. The fourth-order valence-electron chi connectivity index (χ4n) is 2.38. The quantitative estimate of drug-likeness (QED) is 0.663. The molecule has 1 saturated heterocycles. The second-order valence-electron chi connectivity index (χ2n) is 5.69. The minimum atomic E-state index is -1.82. The number of anilines is 1. The van der Waals surface area contributed by atoms with E-state index in [2.05, 4.69) is 22.0 Å². The molecule has 1 aliphatic heterocycles. The second kappa shape index (κ2) is 11.2. The van der Waals surface area contributed by atoms with Crippen molar-refractivity contribution in [1.82, 2.24) is 9.80 Å². The number of carbonyl (C=O) groups excluding carboxylic acids is 1. The lowest BCUT2D eigenvalue weighted by molar-refractivity contribution is -0.159. The molecule has 0 aromatic heterocycles. The fourth-order valence-corrected chi connectivity index (χ4v) is 2.38. The summed E-state index contributed by atoms with van der Waals surface area (Å²) >= 11 is 0. The zero-order valence-electron chi connectivity index (χ0n) is 14.7. The first-order valence-corrected chi connectivity index (χ1v) is 8.28. The number of likely N-dealkylation sites (N-methyl/N-ethyl adjacent to an activating group) is 1. The molecule has 1 aromatic rings. The molecule has 26 heavy (non-hydrogen) atoms. The van der Waals surface area contributed by atoms with Gasteiger partial charge in [-0.25, -0.2) is 14.0 Å². The standard InChI is InChI=1S/C15H22FN3O.C2H2O4/c1-2-18-8-10-19(11-9-18)7-6-15(20)17-14-5-3-4-13(16)12-14;3-1(4)2(5)6/h3-5,12H,2,6-11H2,1H3,(H,17,20);(H,3,4)(H,5,6). The van der Waals surface area contributed by atoms with Crippen LogP contribution in [0.5, 0.6) is 0 Å². The van der Waals surface area contributed by atoms with Crippen molar-refractivity contribution < 1.29 is 29.0 Å². The number of nitrogens with zero attached hydrogens (tertiary/aromatic N) is 2. The average Bonchev–Trinajstić information content (AvgIpc) is 2.61. The normalized spacial score (nSPS) is 14.8. The van der Waals surface area contributed by atoms with E-state index < -0.39 is 11.9 Å². The van der Waals surface area contributed by atoms with Gasteiger partial charge >= 0.3 is 11.9 Å². The molecule has 9 heteroatoms. The largest absolute Gasteiger partial charge is 0.473 e. The minimum absolute atomic E-state index is 0.0616. The van der Waals surface area contributed by atoms with Crippen molar-refractivity contribution >= 4 is 23.5 Å². The van der Waals surface area contributed by atoms with Gasteiger partial charge in [-0.3, -0.25) is 4.79 Å². The van der Waals surface area contributed by atoms with E-state index in [1.807, 2.05) is 0 Å². The lowest BCUT2D eigenvalue weighted by Crippen LogP contribution is -2.46. The van der Waals surface area contributed by atoms with Crippen LogP contribution in [0.25, 0.3) is 0 Å². The number of piperazine rings is 1. The van der Waals surface area contributed by atoms with Crippen LogP contribution in [-0.2, 0) is 14.4 Å². The Morgan fingerprint density at radius 1 is 1.08 bits per heavy atom. The number of aliphatic carboxylic acids is 2. The molecule has 0 saturated carbocycles. The number of nitrogens with one attached hydrogen (secondary N) is 1. The lowest BCUT2D eigenvalue weighted by Gasteiger charge is -2.33. The molecule has 0 spiro atoms. The van der Waals surface area contributed by atoms with E-state index in [4.69, 9.17) is 19.8 Å². The first kappa shape index (κ1) is 21.5. The van der Waals surface area contributed by atoms with Gasteiger partial charge in [-0.05, 0) is 24.7 Å². The summed E-state index contributed by atoms with van der Waals surface area (Å²) in [5.41, 5.74) is 0.519. The van der Waals surface area contributed by atoms with E-state index in [1.54, 1.807) is 12.1 Å². The van der Waals surface area contributed by atoms with Crippen molar-refractivity contribution in [3.63, 3.8) is 0 Å². The molecule has 0 radical (unpaired) electrons. The number of hydrogen-bond acceptors (Lipinski definition) is 5. The summed E-state index contributed by atoms with van der Waals surface area (Å²) < 4.78 is 13.0. The van der Waals surface area contributed by atoms with Crippen LogP contribution in [0, 0.1) is 5.82 Å². The van der Waals surface area contributed by atoms with Crippen LogP contribution in [0.3, 0.4) is 0 Å². The molecule has 1 aliphatic rings. The Hall–Kier alpha value is -2.52. The maximum absolute atomic E-state index is 13.0. The summed E-state index contributed by atoms with van der Waals surface area (Å²) in [5.74, 6) is -4.04. The highest BCUT2D eigenvalue weighted by Gasteiger charge is 2.16. The van der Waals surface area contributed by atoms with Gasteiger partial charge in [0.05, 0.1) is 0 Å². The molecule has 1 aromatic carbocycles. The monoisotopic (exact) mass is 369 g/mol. The van der Waals surface area contributed by atoms with Gasteiger partial charge in [0.25, 0.3) is 0 Å². The number of amides is 1. The van der Waals surface area contributed by atoms with Crippen LogP contribution in [-0.4, -0.2) is 77.1 Å². The molecule has 0 aliphatic carbocycles. The van der Waals surface area contributed by atoms with Gasteiger partial charge in [-0.2, -0.15) is 0 Å². The Balaban J connectivity index is 0.000000487. The number of carboxylic acid groups (broad SMARTS) is 2. The third kappa shape index (κ3) is 8.54. The molecule has 0 bridgehead atoms. The van der Waals surface area contributed by atoms with E-state index >= 15 is 0 Å². The van der Waals surface area contributed by atoms with Crippen molar-refractivity contribution in [2.75, 3.05) is 44.6 Å². The van der Waals surface area contributed by atoms with Gasteiger partial charge in [0.1, 0.15) is 5.82 Å². The van der Waals surface area contributed by atoms with Crippen molar-refractivity contribution in [1.29, 1.82) is 0 Å². The second-order valence-corrected chi connectivity index (χ2v) is 5.69. The Labute approximate surface area is 151 Å². The fraction of sp³-hybridized carbons (Fsp3) is 0.471. The van der Waals surface area contributed by atoms with Gasteiger partial charge in [0.15, 0.2) is 0 Å². The highest BCUT2D eigenvalue weighted by Crippen LogP contribution is 2.09. The van der Waals surface area contributed by atoms with E-state index in [1.165, 1.54) is 12.1 Å². The Morgan fingerprint density at radius 2 is 1.65 bits per heavy atom. The summed E-state index contributed by atoms with van der Waals surface area (Å²) in [7, 11) is 0. The SMILES string of the molecule is CCN1CCN(CCC(=O)Nc2cccc(F)c2)CC1.O=C(O)C(=O)O. The molecule has 0 unspecified atom stereocenters. The van der Waals surface area contributed by atoms with E-state index in [-0.39, 0.29) is 11.7 Å². The van der Waals surface area contributed by atoms with Gasteiger partial charge < -0.3 is 25.3 Å². The highest BCUT2D eigenvalue weighted by atomic mass is 19.1. The van der Waals surface area contributed by atoms with Crippen molar-refractivity contribution in [2.45, 2.75) is 13.3 Å². The third-order valence-corrected chi connectivity index (χ3v) is 3.86. The van der Waals surface area contributed by atoms with Crippen LogP contribution in [0.2, 0.25) is 0 Å². The summed E-state index contributed by atoms with van der Waals surface area (Å²) in [6, 6.07) is 5.98. The van der Waals surface area contributed by atoms with Crippen molar-refractivity contribution in [2.24, 2.45) is 0 Å². The molecule has 1 heterocycles. The number of carbonyl (C=O) groups is 3. The molecular weight excluding hydrogens is 345 g/mol. The molecule has 8 nitrogen and oxygen atoms in total. The highest BCUT2D eigenvalue weighted by molar-refractivity contribution is 6.27. The summed E-state index contributed by atoms with van der Waals surface area (Å²) in [4.78, 5) is 34.7. The van der Waals surface area contributed by atoms with Crippen LogP contribution in [0.15, 0.2) is 24.3 Å². The predicted molar refractivity (Wildman–Crippen MR) is 93.5 cm³/mol. The zero-order chi connectivity index (χ0) is 19.5. The first-order chi connectivity index (χ1) is 12.3. The number of carboxylic acids is 2. The molecule has 3 N–H and O–H groups in total. The maximum Gasteiger partial charge on any atom is 0.414 e. The lowest BCUT2D eigenvalue weighted by atomic mass is 10.2. The van der Waals surface area contributed by atoms with Gasteiger partial charge in [-0.1, -0.05) is 13.0 Å². The molecule has 1 fully saturated rings. The van der Waals surface area contributed by atoms with Crippen LogP contribution in [0.4, 0.5) is 10.1 Å². The van der Waals surface area contributed by atoms with Gasteiger partial charge in [0, 0.05) is 44.8 Å². The van der Waals surface area contributed by atoms with Crippen molar-refractivity contribution in [3.8, 4) is 0 Å². The van der Waals surface area contributed by atoms with E-state index in [0.717, 1.165) is 39.3 Å². The molecule has 2 rings (SSSR count). The van der Waals surface area contributed by atoms with Crippen molar-refractivity contribution in [3.05, 3.63) is 30.1 Å². The molecular formula is C17H24FN3O5.